The van der Waals surface area contributed by atoms with Crippen LogP contribution in [0.2, 0.25) is 0 Å². The van der Waals surface area contributed by atoms with Gasteiger partial charge in [0.2, 0.25) is 0 Å². The number of methoxy groups -OCH3 is 2. The number of hydrogen-bond acceptors (Lipinski definition) is 6. The van der Waals surface area contributed by atoms with Crippen molar-refractivity contribution in [1.29, 1.82) is 0 Å². The highest BCUT2D eigenvalue weighted by atomic mass is 16.5. The molecule has 1 amide bonds. The molecule has 1 unspecified atom stereocenters. The zero-order valence-electron chi connectivity index (χ0n) is 17.3. The molecule has 0 radical (unpaired) electrons. The number of nitrogens with one attached hydrogen (secondary N) is 2. The first kappa shape index (κ1) is 22.0. The van der Waals surface area contributed by atoms with E-state index >= 15 is 0 Å². The molecule has 0 saturated heterocycles. The van der Waals surface area contributed by atoms with Gasteiger partial charge < -0.3 is 24.5 Å². The number of aromatic amines is 1. The van der Waals surface area contributed by atoms with Crippen LogP contribution in [0.3, 0.4) is 0 Å². The van der Waals surface area contributed by atoms with Crippen molar-refractivity contribution in [3.8, 4) is 5.75 Å². The lowest BCUT2D eigenvalue weighted by atomic mass is 10.1. The van der Waals surface area contributed by atoms with Gasteiger partial charge in [0.1, 0.15) is 11.4 Å². The zero-order chi connectivity index (χ0) is 21.6. The zero-order valence-corrected chi connectivity index (χ0v) is 17.3. The highest BCUT2D eigenvalue weighted by molar-refractivity contribution is 5.99. The maximum absolute atomic E-state index is 12.4. The van der Waals surface area contributed by atoms with E-state index in [0.29, 0.717) is 24.2 Å². The van der Waals surface area contributed by atoms with Gasteiger partial charge in [0.15, 0.2) is 6.10 Å². The molecule has 0 aliphatic heterocycles. The molecule has 1 aromatic carbocycles. The van der Waals surface area contributed by atoms with Gasteiger partial charge in [-0.3, -0.25) is 4.79 Å². The van der Waals surface area contributed by atoms with Gasteiger partial charge in [-0.05, 0) is 50.5 Å². The van der Waals surface area contributed by atoms with Crippen molar-refractivity contribution in [3.63, 3.8) is 0 Å². The Labute approximate surface area is 169 Å². The molecule has 0 aliphatic carbocycles. The average molecular weight is 402 g/mol. The number of carbonyl (C=O) groups excluding carboxylic acids is 3. The topological polar surface area (TPSA) is 107 Å². The summed E-state index contributed by atoms with van der Waals surface area (Å²) in [5, 5.41) is 2.74. The normalized spacial score (nSPS) is 11.5. The Morgan fingerprint density at radius 2 is 1.72 bits per heavy atom. The molecular formula is C21H26N2O6. The van der Waals surface area contributed by atoms with Crippen molar-refractivity contribution in [3.05, 3.63) is 52.3 Å². The minimum Gasteiger partial charge on any atom is -0.497 e. The van der Waals surface area contributed by atoms with Crippen molar-refractivity contribution in [2.45, 2.75) is 33.3 Å². The highest BCUT2D eigenvalue weighted by Gasteiger charge is 2.26. The van der Waals surface area contributed by atoms with Gasteiger partial charge >= 0.3 is 11.9 Å². The molecule has 8 heteroatoms. The standard InChI is InChI=1S/C21H26N2O6/c1-12-17(20(25)28-5)13(2)23-18(12)21(26)29-14(3)19(24)22-11-10-15-6-8-16(27-4)9-7-15/h6-9,14,23H,10-11H2,1-5H3,(H,22,24). The summed E-state index contributed by atoms with van der Waals surface area (Å²) in [6.07, 6.45) is -0.351. The predicted octanol–water partition coefficient (Wildman–Crippen LogP) is 2.33. The number of rotatable bonds is 8. The fraction of sp³-hybridized carbons (Fsp3) is 0.381. The van der Waals surface area contributed by atoms with Crippen LogP contribution < -0.4 is 10.1 Å². The molecule has 1 atom stereocenters. The molecule has 1 heterocycles. The number of benzene rings is 1. The Kier molecular flexibility index (Phi) is 7.41. The fourth-order valence-corrected chi connectivity index (χ4v) is 2.90. The molecule has 2 aromatic rings. The summed E-state index contributed by atoms with van der Waals surface area (Å²) in [5.41, 5.74) is 2.38. The lowest BCUT2D eigenvalue weighted by molar-refractivity contribution is -0.129. The molecule has 2 rings (SSSR count). The van der Waals surface area contributed by atoms with Crippen molar-refractivity contribution in [2.24, 2.45) is 0 Å². The number of carbonyl (C=O) groups is 3. The molecular weight excluding hydrogens is 376 g/mol. The first-order valence-electron chi connectivity index (χ1n) is 9.17. The molecule has 29 heavy (non-hydrogen) atoms. The first-order chi connectivity index (χ1) is 13.8. The Morgan fingerprint density at radius 1 is 1.07 bits per heavy atom. The Balaban J connectivity index is 1.90. The molecule has 0 bridgehead atoms. The maximum atomic E-state index is 12.4. The first-order valence-corrected chi connectivity index (χ1v) is 9.17. The second-order valence-corrected chi connectivity index (χ2v) is 6.55. The van der Waals surface area contributed by atoms with E-state index in [1.165, 1.54) is 14.0 Å². The quantitative estimate of drug-likeness (QED) is 0.657. The monoisotopic (exact) mass is 402 g/mol. The van der Waals surface area contributed by atoms with Crippen LogP contribution in [0.5, 0.6) is 5.75 Å². The predicted molar refractivity (Wildman–Crippen MR) is 106 cm³/mol. The summed E-state index contributed by atoms with van der Waals surface area (Å²) in [6.45, 7) is 5.17. The summed E-state index contributed by atoms with van der Waals surface area (Å²) >= 11 is 0. The molecule has 0 fully saturated rings. The Hall–Kier alpha value is -3.29. The van der Waals surface area contributed by atoms with Gasteiger partial charge in [-0.1, -0.05) is 12.1 Å². The van der Waals surface area contributed by atoms with Crippen molar-refractivity contribution >= 4 is 17.8 Å². The maximum Gasteiger partial charge on any atom is 0.355 e. The number of hydrogen-bond donors (Lipinski definition) is 2. The summed E-state index contributed by atoms with van der Waals surface area (Å²) in [4.78, 5) is 39.3. The van der Waals surface area contributed by atoms with Crippen LogP contribution in [-0.4, -0.2) is 49.7 Å². The lowest BCUT2D eigenvalue weighted by Gasteiger charge is -2.13. The van der Waals surface area contributed by atoms with Gasteiger partial charge in [-0.2, -0.15) is 0 Å². The number of aromatic nitrogens is 1. The summed E-state index contributed by atoms with van der Waals surface area (Å²) in [7, 11) is 2.87. The smallest absolute Gasteiger partial charge is 0.355 e. The van der Waals surface area contributed by atoms with E-state index in [1.54, 1.807) is 21.0 Å². The molecule has 2 N–H and O–H groups in total. The van der Waals surface area contributed by atoms with Crippen molar-refractivity contribution < 1.29 is 28.6 Å². The lowest BCUT2D eigenvalue weighted by Crippen LogP contribution is -2.37. The number of amides is 1. The fourth-order valence-electron chi connectivity index (χ4n) is 2.90. The summed E-state index contributed by atoms with van der Waals surface area (Å²) in [6, 6.07) is 7.54. The van der Waals surface area contributed by atoms with Gasteiger partial charge in [-0.15, -0.1) is 0 Å². The number of esters is 2. The van der Waals surface area contributed by atoms with Crippen LogP contribution in [-0.2, 0) is 20.7 Å². The number of ether oxygens (including phenoxy) is 3. The highest BCUT2D eigenvalue weighted by Crippen LogP contribution is 2.20. The molecule has 0 saturated carbocycles. The molecule has 0 aliphatic rings. The largest absolute Gasteiger partial charge is 0.497 e. The molecule has 1 aromatic heterocycles. The van der Waals surface area contributed by atoms with Crippen LogP contribution in [0.15, 0.2) is 24.3 Å². The number of H-pyrrole nitrogens is 1. The van der Waals surface area contributed by atoms with Crippen LogP contribution in [0.1, 0.15) is 44.6 Å². The second kappa shape index (κ2) is 9.77. The van der Waals surface area contributed by atoms with E-state index in [-0.39, 0.29) is 11.3 Å². The van der Waals surface area contributed by atoms with Gasteiger partial charge in [0, 0.05) is 12.2 Å². The molecule has 0 spiro atoms. The SMILES string of the molecule is COC(=O)c1c(C)[nH]c(C(=O)OC(C)C(=O)NCCc2ccc(OC)cc2)c1C. The van der Waals surface area contributed by atoms with Crippen LogP contribution in [0.25, 0.3) is 0 Å². The van der Waals surface area contributed by atoms with E-state index in [1.807, 2.05) is 24.3 Å². The van der Waals surface area contributed by atoms with Crippen molar-refractivity contribution in [1.82, 2.24) is 10.3 Å². The van der Waals surface area contributed by atoms with Gasteiger partial charge in [0.25, 0.3) is 5.91 Å². The minimum absolute atomic E-state index is 0.126. The minimum atomic E-state index is -0.983. The van der Waals surface area contributed by atoms with E-state index in [9.17, 15) is 14.4 Å². The molecule has 8 nitrogen and oxygen atoms in total. The summed E-state index contributed by atoms with van der Waals surface area (Å²) < 4.78 is 15.1. The molecule has 156 valence electrons. The van der Waals surface area contributed by atoms with Crippen LogP contribution in [0.4, 0.5) is 0 Å². The third-order valence-electron chi connectivity index (χ3n) is 4.56. The average Bonchev–Trinajstić information content (AvgIpc) is 3.01. The van der Waals surface area contributed by atoms with E-state index in [4.69, 9.17) is 14.2 Å². The Morgan fingerprint density at radius 3 is 2.31 bits per heavy atom. The second-order valence-electron chi connectivity index (χ2n) is 6.55. The van der Waals surface area contributed by atoms with Gasteiger partial charge in [-0.25, -0.2) is 9.59 Å². The third-order valence-corrected chi connectivity index (χ3v) is 4.56. The van der Waals surface area contributed by atoms with E-state index in [2.05, 4.69) is 10.3 Å². The summed E-state index contributed by atoms with van der Waals surface area (Å²) in [5.74, 6) is -0.886. The van der Waals surface area contributed by atoms with Crippen LogP contribution >= 0.6 is 0 Å². The van der Waals surface area contributed by atoms with Crippen LogP contribution in [0, 0.1) is 13.8 Å². The van der Waals surface area contributed by atoms with E-state index < -0.39 is 23.9 Å². The number of aryl methyl sites for hydroxylation is 1. The van der Waals surface area contributed by atoms with Crippen molar-refractivity contribution in [2.75, 3.05) is 20.8 Å². The Bertz CT molecular complexity index is 885. The third kappa shape index (κ3) is 5.37. The van der Waals surface area contributed by atoms with Gasteiger partial charge in [0.05, 0.1) is 19.8 Å². The van der Waals surface area contributed by atoms with E-state index in [0.717, 1.165) is 11.3 Å².